The fraction of sp³-hybridized carbons (Fsp3) is 0.417. The van der Waals surface area contributed by atoms with Crippen molar-refractivity contribution in [2.45, 2.75) is 13.0 Å². The van der Waals surface area contributed by atoms with Crippen molar-refractivity contribution in [3.05, 3.63) is 22.4 Å². The van der Waals surface area contributed by atoms with Crippen LogP contribution in [0.5, 0.6) is 0 Å². The average molecular weight is 284 g/mol. The number of thiophene rings is 1. The molecule has 0 saturated heterocycles. The summed E-state index contributed by atoms with van der Waals surface area (Å²) in [7, 11) is 2.92. The van der Waals surface area contributed by atoms with Gasteiger partial charge in [0.25, 0.3) is 5.91 Å². The molecule has 1 unspecified atom stereocenters. The van der Waals surface area contributed by atoms with E-state index >= 15 is 0 Å². The van der Waals surface area contributed by atoms with E-state index < -0.39 is 17.9 Å². The lowest BCUT2D eigenvalue weighted by Crippen LogP contribution is -2.45. The van der Waals surface area contributed by atoms with E-state index in [0.29, 0.717) is 4.88 Å². The summed E-state index contributed by atoms with van der Waals surface area (Å²) in [6.45, 7) is 1.27. The van der Waals surface area contributed by atoms with Crippen molar-refractivity contribution in [3.8, 4) is 0 Å². The van der Waals surface area contributed by atoms with Crippen LogP contribution >= 0.6 is 11.3 Å². The highest BCUT2D eigenvalue weighted by atomic mass is 32.1. The number of rotatable bonds is 5. The molecule has 1 aromatic heterocycles. The molecule has 0 aliphatic heterocycles. The number of carboxylic acid groups (broad SMARTS) is 1. The van der Waals surface area contributed by atoms with Gasteiger partial charge in [-0.05, 0) is 18.4 Å². The lowest BCUT2D eigenvalue weighted by molar-refractivity contribution is -0.148. The molecule has 6 nitrogen and oxygen atoms in total. The minimum absolute atomic E-state index is 0.148. The van der Waals surface area contributed by atoms with Crippen LogP contribution in [0.1, 0.15) is 16.6 Å². The lowest BCUT2D eigenvalue weighted by Gasteiger charge is -2.24. The van der Waals surface area contributed by atoms with Crippen LogP contribution in [0.4, 0.5) is 0 Å². The first-order chi connectivity index (χ1) is 8.84. The Hall–Kier alpha value is -1.89. The van der Waals surface area contributed by atoms with Gasteiger partial charge in [0.2, 0.25) is 5.91 Å². The van der Waals surface area contributed by atoms with E-state index in [9.17, 15) is 14.4 Å². The minimum atomic E-state index is -1.08. The molecule has 0 fully saturated rings. The third-order valence-electron chi connectivity index (χ3n) is 2.78. The smallest absolute Gasteiger partial charge is 0.326 e. The predicted molar refractivity (Wildman–Crippen MR) is 71.1 cm³/mol. The summed E-state index contributed by atoms with van der Waals surface area (Å²) < 4.78 is 0. The zero-order valence-electron chi connectivity index (χ0n) is 11.0. The minimum Gasteiger partial charge on any atom is -0.480 e. The number of hydrogen-bond donors (Lipinski definition) is 1. The van der Waals surface area contributed by atoms with Crippen molar-refractivity contribution >= 4 is 29.1 Å². The predicted octanol–water partition coefficient (Wildman–Crippen LogP) is 0.752. The van der Waals surface area contributed by atoms with Crippen molar-refractivity contribution in [2.24, 2.45) is 0 Å². The number of hydrogen-bond acceptors (Lipinski definition) is 4. The second kappa shape index (κ2) is 6.33. The lowest BCUT2D eigenvalue weighted by atomic mass is 10.3. The molecule has 0 radical (unpaired) electrons. The number of amides is 2. The molecule has 1 aromatic rings. The number of nitrogens with zero attached hydrogens (tertiary/aromatic N) is 2. The number of carbonyl (C=O) groups is 3. The van der Waals surface area contributed by atoms with E-state index in [1.54, 1.807) is 17.5 Å². The fourth-order valence-corrected chi connectivity index (χ4v) is 2.07. The van der Waals surface area contributed by atoms with Gasteiger partial charge in [-0.3, -0.25) is 9.59 Å². The van der Waals surface area contributed by atoms with Crippen molar-refractivity contribution < 1.29 is 19.5 Å². The third kappa shape index (κ3) is 3.78. The Bertz CT molecular complexity index is 472. The van der Waals surface area contributed by atoms with Gasteiger partial charge in [0, 0.05) is 14.1 Å². The Balaban J connectivity index is 2.62. The SMILES string of the molecule is CC(C(=O)O)N(C)C(=O)CN(C)C(=O)c1cccs1. The molecular formula is C12H16N2O4S. The highest BCUT2D eigenvalue weighted by Gasteiger charge is 2.24. The molecule has 1 atom stereocenters. The van der Waals surface area contributed by atoms with Gasteiger partial charge >= 0.3 is 5.97 Å². The normalized spacial score (nSPS) is 11.7. The van der Waals surface area contributed by atoms with Gasteiger partial charge < -0.3 is 14.9 Å². The first-order valence-corrected chi connectivity index (χ1v) is 6.50. The van der Waals surface area contributed by atoms with Gasteiger partial charge in [-0.25, -0.2) is 4.79 Å². The monoisotopic (exact) mass is 284 g/mol. The van der Waals surface area contributed by atoms with Gasteiger partial charge in [0.05, 0.1) is 11.4 Å². The van der Waals surface area contributed by atoms with Crippen LogP contribution < -0.4 is 0 Å². The summed E-state index contributed by atoms with van der Waals surface area (Å²) in [5.41, 5.74) is 0. The van der Waals surface area contributed by atoms with E-state index in [2.05, 4.69) is 0 Å². The van der Waals surface area contributed by atoms with Crippen LogP contribution in [0.15, 0.2) is 17.5 Å². The zero-order valence-corrected chi connectivity index (χ0v) is 11.8. The molecule has 0 spiro atoms. The molecule has 7 heteroatoms. The second-order valence-corrected chi connectivity index (χ2v) is 5.11. The number of carboxylic acids is 1. The summed E-state index contributed by atoms with van der Waals surface area (Å²) in [6, 6.07) is 2.52. The van der Waals surface area contributed by atoms with Crippen molar-refractivity contribution in [1.29, 1.82) is 0 Å². The number of aliphatic carboxylic acids is 1. The highest BCUT2D eigenvalue weighted by molar-refractivity contribution is 7.12. The summed E-state index contributed by atoms with van der Waals surface area (Å²) in [6.07, 6.45) is 0. The number of carbonyl (C=O) groups excluding carboxylic acids is 2. The van der Waals surface area contributed by atoms with Crippen LogP contribution in [0.25, 0.3) is 0 Å². The molecule has 0 aliphatic carbocycles. The molecule has 0 aromatic carbocycles. The van der Waals surface area contributed by atoms with E-state index in [0.717, 1.165) is 4.90 Å². The number of likely N-dealkylation sites (N-methyl/N-ethyl adjacent to an activating group) is 2. The molecule has 1 heterocycles. The van der Waals surface area contributed by atoms with Crippen molar-refractivity contribution in [1.82, 2.24) is 9.80 Å². The molecule has 104 valence electrons. The van der Waals surface area contributed by atoms with Gasteiger partial charge in [-0.15, -0.1) is 11.3 Å². The maximum Gasteiger partial charge on any atom is 0.326 e. The van der Waals surface area contributed by atoms with E-state index in [-0.39, 0.29) is 12.5 Å². The van der Waals surface area contributed by atoms with Crippen molar-refractivity contribution in [2.75, 3.05) is 20.6 Å². The standard InChI is InChI=1S/C12H16N2O4S/c1-8(12(17)18)14(3)10(15)7-13(2)11(16)9-5-4-6-19-9/h4-6,8H,7H2,1-3H3,(H,17,18). The van der Waals surface area contributed by atoms with Crippen LogP contribution in [-0.2, 0) is 9.59 Å². The van der Waals surface area contributed by atoms with Crippen LogP contribution in [0.2, 0.25) is 0 Å². The van der Waals surface area contributed by atoms with Crippen molar-refractivity contribution in [3.63, 3.8) is 0 Å². The first kappa shape index (κ1) is 15.2. The topological polar surface area (TPSA) is 77.9 Å². The molecule has 19 heavy (non-hydrogen) atoms. The Morgan fingerprint density at radius 3 is 2.47 bits per heavy atom. The van der Waals surface area contributed by atoms with Gasteiger partial charge in [0.1, 0.15) is 6.04 Å². The largest absolute Gasteiger partial charge is 0.480 e. The maximum atomic E-state index is 11.9. The molecule has 0 aliphatic rings. The third-order valence-corrected chi connectivity index (χ3v) is 3.64. The molecular weight excluding hydrogens is 268 g/mol. The second-order valence-electron chi connectivity index (χ2n) is 4.16. The summed E-state index contributed by atoms with van der Waals surface area (Å²) in [5.74, 6) is -1.75. The van der Waals surface area contributed by atoms with E-state index in [1.807, 2.05) is 0 Å². The Labute approximate surface area is 115 Å². The van der Waals surface area contributed by atoms with Crippen LogP contribution in [-0.4, -0.2) is 59.4 Å². The Morgan fingerprint density at radius 1 is 1.37 bits per heavy atom. The van der Waals surface area contributed by atoms with E-state index in [1.165, 1.54) is 37.3 Å². The van der Waals surface area contributed by atoms with E-state index in [4.69, 9.17) is 5.11 Å². The van der Waals surface area contributed by atoms with Crippen LogP contribution in [0.3, 0.4) is 0 Å². The van der Waals surface area contributed by atoms with Gasteiger partial charge in [-0.2, -0.15) is 0 Å². The first-order valence-electron chi connectivity index (χ1n) is 5.62. The Kier molecular flexibility index (Phi) is 5.05. The zero-order chi connectivity index (χ0) is 14.6. The summed E-state index contributed by atoms with van der Waals surface area (Å²) in [5, 5.41) is 10.6. The summed E-state index contributed by atoms with van der Waals surface area (Å²) in [4.78, 5) is 37.5. The molecule has 0 saturated carbocycles. The average Bonchev–Trinajstić information content (AvgIpc) is 2.89. The fourth-order valence-electron chi connectivity index (χ4n) is 1.36. The molecule has 1 N–H and O–H groups in total. The maximum absolute atomic E-state index is 11.9. The quantitative estimate of drug-likeness (QED) is 0.865. The molecule has 1 rings (SSSR count). The highest BCUT2D eigenvalue weighted by Crippen LogP contribution is 2.11. The van der Waals surface area contributed by atoms with Gasteiger partial charge in [-0.1, -0.05) is 6.07 Å². The van der Waals surface area contributed by atoms with Crippen LogP contribution in [0, 0.1) is 0 Å². The Morgan fingerprint density at radius 2 is 2.00 bits per heavy atom. The molecule has 0 bridgehead atoms. The van der Waals surface area contributed by atoms with Gasteiger partial charge in [0.15, 0.2) is 0 Å². The molecule has 2 amide bonds. The summed E-state index contributed by atoms with van der Waals surface area (Å²) >= 11 is 1.30.